The molecule has 0 aromatic rings. The van der Waals surface area contributed by atoms with Gasteiger partial charge in [0, 0.05) is 5.41 Å². The fourth-order valence-electron chi connectivity index (χ4n) is 0.434. The lowest BCUT2D eigenvalue weighted by atomic mass is 9.89. The molecule has 0 fully saturated rings. The molecule has 10 heavy (non-hydrogen) atoms. The van der Waals surface area contributed by atoms with Crippen LogP contribution < -0.4 is 0 Å². The Morgan fingerprint density at radius 3 is 2.00 bits per heavy atom. The van der Waals surface area contributed by atoms with Crippen LogP contribution in [0.5, 0.6) is 0 Å². The summed E-state index contributed by atoms with van der Waals surface area (Å²) >= 11 is 5.33. The molecule has 0 aliphatic rings. The van der Waals surface area contributed by atoms with E-state index in [-0.39, 0.29) is 5.78 Å². The van der Waals surface area contributed by atoms with E-state index in [0.29, 0.717) is 0 Å². The number of hydrogen-bond donors (Lipinski definition) is 0. The van der Waals surface area contributed by atoms with E-state index >= 15 is 0 Å². The molecule has 0 aliphatic carbocycles. The third-order valence-electron chi connectivity index (χ3n) is 1.07. The van der Waals surface area contributed by atoms with Crippen LogP contribution in [0.15, 0.2) is 0 Å². The van der Waals surface area contributed by atoms with Crippen LogP contribution in [-0.2, 0) is 9.59 Å². The third kappa shape index (κ3) is 2.48. The van der Waals surface area contributed by atoms with E-state index in [1.54, 1.807) is 20.8 Å². The zero-order valence-corrected chi connectivity index (χ0v) is 7.03. The van der Waals surface area contributed by atoms with E-state index in [0.717, 1.165) is 0 Å². The largest absolute Gasteiger partial charge is 0.297 e. The van der Waals surface area contributed by atoms with Gasteiger partial charge in [-0.2, -0.15) is 0 Å². The summed E-state index contributed by atoms with van der Waals surface area (Å²) in [6.45, 7) is 5.13. The smallest absolute Gasteiger partial charge is 0.225 e. The predicted octanol–water partition coefficient (Wildman–Crippen LogP) is 1.32. The Bertz CT molecular complexity index is 146. The molecule has 2 nitrogen and oxygen atoms in total. The first-order valence-electron chi connectivity index (χ1n) is 2.95. The van der Waals surface area contributed by atoms with Crippen molar-refractivity contribution in [2.45, 2.75) is 26.1 Å². The zero-order chi connectivity index (χ0) is 8.36. The third-order valence-corrected chi connectivity index (χ3v) is 1.36. The van der Waals surface area contributed by atoms with Crippen molar-refractivity contribution in [2.75, 3.05) is 0 Å². The van der Waals surface area contributed by atoms with Gasteiger partial charge in [-0.05, 0) is 0 Å². The lowest BCUT2D eigenvalue weighted by Crippen LogP contribution is -2.29. The number of hydrogen-bond acceptors (Lipinski definition) is 2. The Labute approximate surface area is 65.6 Å². The minimum atomic E-state index is -1.11. The Kier molecular flexibility index (Phi) is 3.03. The lowest BCUT2D eigenvalue weighted by molar-refractivity contribution is -0.124. The van der Waals surface area contributed by atoms with Gasteiger partial charge >= 0.3 is 0 Å². The van der Waals surface area contributed by atoms with Gasteiger partial charge in [0.15, 0.2) is 11.2 Å². The molecule has 0 spiro atoms. The van der Waals surface area contributed by atoms with Crippen molar-refractivity contribution in [3.8, 4) is 0 Å². The highest BCUT2D eigenvalue weighted by atomic mass is 35.5. The van der Waals surface area contributed by atoms with Gasteiger partial charge in [0.25, 0.3) is 0 Å². The van der Waals surface area contributed by atoms with Crippen LogP contribution in [0.1, 0.15) is 20.8 Å². The first kappa shape index (κ1) is 9.63. The summed E-state index contributed by atoms with van der Waals surface area (Å²) in [6.07, 6.45) is 1.44. The van der Waals surface area contributed by atoms with Gasteiger partial charge in [-0.15, -0.1) is 11.6 Å². The number of halogens is 1. The molecule has 3 heteroatoms. The van der Waals surface area contributed by atoms with Crippen molar-refractivity contribution in [3.05, 3.63) is 0 Å². The summed E-state index contributed by atoms with van der Waals surface area (Å²) < 4.78 is 0. The Hall–Kier alpha value is -0.370. The average Bonchev–Trinajstić information content (AvgIpc) is 1.83. The molecule has 0 amide bonds. The second-order valence-corrected chi connectivity index (χ2v) is 3.53. The second-order valence-electron chi connectivity index (χ2n) is 3.09. The molecule has 0 N–H and O–H groups in total. The number of alkyl halides is 1. The highest BCUT2D eigenvalue weighted by molar-refractivity contribution is 6.39. The number of ketones is 1. The van der Waals surface area contributed by atoms with E-state index in [1.165, 1.54) is 6.29 Å². The van der Waals surface area contributed by atoms with Gasteiger partial charge in [0.05, 0.1) is 0 Å². The highest BCUT2D eigenvalue weighted by Gasteiger charge is 2.28. The van der Waals surface area contributed by atoms with Crippen LogP contribution in [0.2, 0.25) is 0 Å². The SMILES string of the molecule is CC(C)(C)C(=O)C(Cl)[C]=O. The molecule has 57 valence electrons. The summed E-state index contributed by atoms with van der Waals surface area (Å²) in [4.78, 5) is 20.9. The van der Waals surface area contributed by atoms with Crippen molar-refractivity contribution in [3.63, 3.8) is 0 Å². The monoisotopic (exact) mass is 161 g/mol. The Balaban J connectivity index is 4.22. The van der Waals surface area contributed by atoms with Crippen molar-refractivity contribution in [1.29, 1.82) is 0 Å². The van der Waals surface area contributed by atoms with Gasteiger partial charge in [-0.25, -0.2) is 0 Å². The molecule has 0 aromatic heterocycles. The van der Waals surface area contributed by atoms with E-state index < -0.39 is 10.8 Å². The predicted molar refractivity (Wildman–Crippen MR) is 39.8 cm³/mol. The second kappa shape index (κ2) is 3.15. The summed E-state index contributed by atoms with van der Waals surface area (Å²) in [7, 11) is 0. The maximum atomic E-state index is 11.0. The maximum absolute atomic E-state index is 11.0. The minimum absolute atomic E-state index is 0.288. The van der Waals surface area contributed by atoms with Crippen molar-refractivity contribution in [2.24, 2.45) is 5.41 Å². The summed E-state index contributed by atoms with van der Waals surface area (Å²) in [5.41, 5.74) is -0.552. The molecule has 1 atom stereocenters. The van der Waals surface area contributed by atoms with Crippen LogP contribution >= 0.6 is 11.6 Å². The molecular formula is C7H10ClO2. The number of rotatable bonds is 2. The molecule has 0 saturated carbocycles. The van der Waals surface area contributed by atoms with Crippen LogP contribution in [0.3, 0.4) is 0 Å². The van der Waals surface area contributed by atoms with Gasteiger partial charge in [-0.1, -0.05) is 20.8 Å². The Morgan fingerprint density at radius 1 is 1.50 bits per heavy atom. The van der Waals surface area contributed by atoms with Crippen molar-refractivity contribution < 1.29 is 9.59 Å². The van der Waals surface area contributed by atoms with Gasteiger partial charge < -0.3 is 0 Å². The summed E-state index contributed by atoms with van der Waals surface area (Å²) in [5.74, 6) is -0.288. The number of carbonyl (C=O) groups excluding carboxylic acids is 2. The molecule has 1 unspecified atom stereocenters. The normalized spacial score (nSPS) is 14.4. The lowest BCUT2D eigenvalue weighted by Gasteiger charge is -2.16. The van der Waals surface area contributed by atoms with Gasteiger partial charge in [0.1, 0.15) is 0 Å². The molecular weight excluding hydrogens is 152 g/mol. The first-order chi connectivity index (χ1) is 4.39. The van der Waals surface area contributed by atoms with Crippen LogP contribution in [0.25, 0.3) is 0 Å². The van der Waals surface area contributed by atoms with E-state index in [2.05, 4.69) is 0 Å². The first-order valence-corrected chi connectivity index (χ1v) is 3.39. The van der Waals surface area contributed by atoms with Crippen molar-refractivity contribution >= 4 is 23.7 Å². The Morgan fingerprint density at radius 2 is 1.90 bits per heavy atom. The number of carbonyl (C=O) groups is 1. The molecule has 0 heterocycles. The maximum Gasteiger partial charge on any atom is 0.225 e. The van der Waals surface area contributed by atoms with E-state index in [4.69, 9.17) is 11.6 Å². The fraction of sp³-hybridized carbons (Fsp3) is 0.714. The molecule has 0 rings (SSSR count). The molecule has 1 radical (unpaired) electrons. The van der Waals surface area contributed by atoms with E-state index in [1.807, 2.05) is 0 Å². The molecule has 0 saturated heterocycles. The molecule has 0 aliphatic heterocycles. The highest BCUT2D eigenvalue weighted by Crippen LogP contribution is 2.18. The topological polar surface area (TPSA) is 34.1 Å². The zero-order valence-electron chi connectivity index (χ0n) is 6.27. The molecule has 0 bridgehead atoms. The van der Waals surface area contributed by atoms with Crippen LogP contribution in [0, 0.1) is 5.41 Å². The van der Waals surface area contributed by atoms with Crippen LogP contribution in [0.4, 0.5) is 0 Å². The fourth-order valence-corrected chi connectivity index (χ4v) is 0.761. The van der Waals surface area contributed by atoms with Crippen LogP contribution in [-0.4, -0.2) is 17.4 Å². The van der Waals surface area contributed by atoms with Gasteiger partial charge in [-0.3, -0.25) is 9.59 Å². The summed E-state index contributed by atoms with van der Waals surface area (Å²) in [6, 6.07) is 0. The standard InChI is InChI=1S/C7H10ClO2/c1-7(2,3)6(10)5(8)4-9/h5H,1-3H3. The summed E-state index contributed by atoms with van der Waals surface area (Å²) in [5, 5.41) is -1.11. The quantitative estimate of drug-likeness (QED) is 0.452. The molecule has 0 aromatic carbocycles. The number of Topliss-reactive ketones (excluding diaryl/α,β-unsaturated/α-hetero) is 1. The van der Waals surface area contributed by atoms with Crippen molar-refractivity contribution in [1.82, 2.24) is 0 Å². The average molecular weight is 162 g/mol. The van der Waals surface area contributed by atoms with E-state index in [9.17, 15) is 9.59 Å². The van der Waals surface area contributed by atoms with Gasteiger partial charge in [0.2, 0.25) is 6.29 Å². The minimum Gasteiger partial charge on any atom is -0.297 e.